The number of hydrogen-bond acceptors (Lipinski definition) is 4. The van der Waals surface area contributed by atoms with Crippen molar-refractivity contribution in [1.82, 2.24) is 4.90 Å². The van der Waals surface area contributed by atoms with E-state index in [0.29, 0.717) is 6.42 Å². The van der Waals surface area contributed by atoms with Gasteiger partial charge in [0.05, 0.1) is 6.61 Å². The predicted molar refractivity (Wildman–Crippen MR) is 62.9 cm³/mol. The molecule has 0 fully saturated rings. The minimum absolute atomic E-state index is 0.126. The molecule has 0 radical (unpaired) electrons. The summed E-state index contributed by atoms with van der Waals surface area (Å²) in [5.74, 6) is -0.475. The lowest BCUT2D eigenvalue weighted by molar-refractivity contribution is -0.140. The standard InChI is InChI=1S/C12H21NO3/c1-6-16-12(15)10(8-13(4)5)11(14)7-9(2)3/h8-9H,6-7H2,1-5H3/b10-8-. The van der Waals surface area contributed by atoms with Gasteiger partial charge in [-0.05, 0) is 12.8 Å². The van der Waals surface area contributed by atoms with E-state index in [1.54, 1.807) is 25.9 Å². The van der Waals surface area contributed by atoms with Crippen LogP contribution in [0.5, 0.6) is 0 Å². The maximum atomic E-state index is 11.8. The molecule has 0 aliphatic rings. The van der Waals surface area contributed by atoms with Crippen molar-refractivity contribution in [2.45, 2.75) is 27.2 Å². The maximum absolute atomic E-state index is 11.8. The number of nitrogens with zero attached hydrogens (tertiary/aromatic N) is 1. The first-order valence-corrected chi connectivity index (χ1v) is 5.47. The Balaban J connectivity index is 4.81. The molecule has 92 valence electrons. The third kappa shape index (κ3) is 5.53. The van der Waals surface area contributed by atoms with Crippen molar-refractivity contribution in [3.8, 4) is 0 Å². The van der Waals surface area contributed by atoms with Gasteiger partial charge in [0.1, 0.15) is 5.57 Å². The Labute approximate surface area is 97.3 Å². The van der Waals surface area contributed by atoms with Crippen LogP contribution in [0.4, 0.5) is 0 Å². The first-order valence-electron chi connectivity index (χ1n) is 5.47. The molecule has 0 N–H and O–H groups in total. The van der Waals surface area contributed by atoms with E-state index >= 15 is 0 Å². The van der Waals surface area contributed by atoms with Crippen LogP contribution in [0.1, 0.15) is 27.2 Å². The van der Waals surface area contributed by atoms with Gasteiger partial charge >= 0.3 is 5.97 Å². The molecule has 0 aromatic heterocycles. The lowest BCUT2D eigenvalue weighted by Crippen LogP contribution is -2.20. The molecule has 0 aromatic carbocycles. The lowest BCUT2D eigenvalue weighted by atomic mass is 10.0. The minimum atomic E-state index is -0.540. The fourth-order valence-corrected chi connectivity index (χ4v) is 1.19. The van der Waals surface area contributed by atoms with E-state index in [1.807, 2.05) is 13.8 Å². The van der Waals surface area contributed by atoms with Gasteiger partial charge in [0, 0.05) is 26.7 Å². The minimum Gasteiger partial charge on any atom is -0.462 e. The van der Waals surface area contributed by atoms with Gasteiger partial charge in [0.15, 0.2) is 5.78 Å². The van der Waals surface area contributed by atoms with Crippen LogP contribution in [0, 0.1) is 5.92 Å². The lowest BCUT2D eigenvalue weighted by Gasteiger charge is -2.11. The van der Waals surface area contributed by atoms with Crippen LogP contribution in [-0.4, -0.2) is 37.4 Å². The molecule has 0 rings (SSSR count). The highest BCUT2D eigenvalue weighted by atomic mass is 16.5. The largest absolute Gasteiger partial charge is 0.462 e. The number of carbonyl (C=O) groups excluding carboxylic acids is 2. The summed E-state index contributed by atoms with van der Waals surface area (Å²) in [6, 6.07) is 0. The third-order valence-corrected chi connectivity index (χ3v) is 1.78. The molecule has 0 heterocycles. The van der Waals surface area contributed by atoms with Crippen LogP contribution >= 0.6 is 0 Å². The quantitative estimate of drug-likeness (QED) is 0.299. The monoisotopic (exact) mass is 227 g/mol. The van der Waals surface area contributed by atoms with E-state index in [0.717, 1.165) is 0 Å². The Hall–Kier alpha value is -1.32. The van der Waals surface area contributed by atoms with Gasteiger partial charge in [-0.1, -0.05) is 13.8 Å². The summed E-state index contributed by atoms with van der Waals surface area (Å²) in [5.41, 5.74) is 0.126. The molecular formula is C12H21NO3. The highest BCUT2D eigenvalue weighted by molar-refractivity contribution is 6.17. The van der Waals surface area contributed by atoms with Gasteiger partial charge in [-0.3, -0.25) is 4.79 Å². The molecule has 0 saturated carbocycles. The summed E-state index contributed by atoms with van der Waals surface area (Å²) in [5, 5.41) is 0. The topological polar surface area (TPSA) is 46.6 Å². The molecule has 0 spiro atoms. The molecule has 0 aromatic rings. The Bertz CT molecular complexity index is 280. The van der Waals surface area contributed by atoms with Gasteiger partial charge in [0.25, 0.3) is 0 Å². The number of ether oxygens (including phenoxy) is 1. The number of hydrogen-bond donors (Lipinski definition) is 0. The third-order valence-electron chi connectivity index (χ3n) is 1.78. The fourth-order valence-electron chi connectivity index (χ4n) is 1.19. The molecule has 4 heteroatoms. The highest BCUT2D eigenvalue weighted by Crippen LogP contribution is 2.10. The Morgan fingerprint density at radius 2 is 1.88 bits per heavy atom. The Morgan fingerprint density at radius 1 is 1.31 bits per heavy atom. The Kier molecular flexibility index (Phi) is 6.46. The first-order chi connectivity index (χ1) is 7.38. The highest BCUT2D eigenvalue weighted by Gasteiger charge is 2.20. The zero-order chi connectivity index (χ0) is 12.7. The average Bonchev–Trinajstić information content (AvgIpc) is 2.12. The van der Waals surface area contributed by atoms with Gasteiger partial charge in [0.2, 0.25) is 0 Å². The van der Waals surface area contributed by atoms with Gasteiger partial charge in [-0.2, -0.15) is 0 Å². The summed E-state index contributed by atoms with van der Waals surface area (Å²) < 4.78 is 4.85. The molecule has 0 saturated heterocycles. The summed E-state index contributed by atoms with van der Waals surface area (Å²) in [6.07, 6.45) is 1.88. The van der Waals surface area contributed by atoms with Crippen molar-refractivity contribution in [2.24, 2.45) is 5.92 Å². The Morgan fingerprint density at radius 3 is 2.25 bits per heavy atom. The second-order valence-corrected chi connectivity index (χ2v) is 4.25. The van der Waals surface area contributed by atoms with Crippen molar-refractivity contribution < 1.29 is 14.3 Å². The molecule has 16 heavy (non-hydrogen) atoms. The smallest absolute Gasteiger partial charge is 0.343 e. The van der Waals surface area contributed by atoms with Gasteiger partial charge < -0.3 is 9.64 Å². The number of Topliss-reactive ketones (excluding diaryl/α,β-unsaturated/α-hetero) is 1. The molecular weight excluding hydrogens is 206 g/mol. The van der Waals surface area contributed by atoms with Crippen molar-refractivity contribution in [3.63, 3.8) is 0 Å². The number of esters is 1. The van der Waals surface area contributed by atoms with E-state index < -0.39 is 5.97 Å². The van der Waals surface area contributed by atoms with Gasteiger partial charge in [-0.25, -0.2) is 4.79 Å². The molecule has 0 unspecified atom stereocenters. The van der Waals surface area contributed by atoms with E-state index in [9.17, 15) is 9.59 Å². The molecule has 0 atom stereocenters. The van der Waals surface area contributed by atoms with Gasteiger partial charge in [-0.15, -0.1) is 0 Å². The predicted octanol–water partition coefficient (Wildman–Crippen LogP) is 1.61. The molecule has 0 amide bonds. The number of rotatable bonds is 6. The number of ketones is 1. The maximum Gasteiger partial charge on any atom is 0.343 e. The van der Waals surface area contributed by atoms with Crippen molar-refractivity contribution in [3.05, 3.63) is 11.8 Å². The van der Waals surface area contributed by atoms with Crippen LogP contribution in [0.2, 0.25) is 0 Å². The SMILES string of the molecule is CCOC(=O)/C(=C\N(C)C)C(=O)CC(C)C. The van der Waals surface area contributed by atoms with Crippen molar-refractivity contribution >= 4 is 11.8 Å². The normalized spacial score (nSPS) is 11.5. The summed E-state index contributed by atoms with van der Waals surface area (Å²) >= 11 is 0. The van der Waals surface area contributed by atoms with Crippen molar-refractivity contribution in [1.29, 1.82) is 0 Å². The second kappa shape index (κ2) is 7.04. The zero-order valence-electron chi connectivity index (χ0n) is 10.7. The van der Waals surface area contributed by atoms with Crippen LogP contribution in [0.15, 0.2) is 11.8 Å². The molecule has 0 aliphatic carbocycles. The van der Waals surface area contributed by atoms with Crippen LogP contribution in [0.3, 0.4) is 0 Å². The second-order valence-electron chi connectivity index (χ2n) is 4.25. The van der Waals surface area contributed by atoms with Crippen LogP contribution < -0.4 is 0 Å². The molecule has 0 aliphatic heterocycles. The van der Waals surface area contributed by atoms with Crippen LogP contribution in [0.25, 0.3) is 0 Å². The van der Waals surface area contributed by atoms with Crippen molar-refractivity contribution in [2.75, 3.05) is 20.7 Å². The molecule has 4 nitrogen and oxygen atoms in total. The summed E-state index contributed by atoms with van der Waals surface area (Å²) in [6.45, 7) is 5.88. The number of carbonyl (C=O) groups is 2. The average molecular weight is 227 g/mol. The van der Waals surface area contributed by atoms with E-state index in [1.165, 1.54) is 6.20 Å². The molecule has 0 bridgehead atoms. The zero-order valence-corrected chi connectivity index (χ0v) is 10.7. The van der Waals surface area contributed by atoms with E-state index in [4.69, 9.17) is 4.74 Å². The first kappa shape index (κ1) is 14.7. The van der Waals surface area contributed by atoms with E-state index in [2.05, 4.69) is 0 Å². The summed E-state index contributed by atoms with van der Waals surface area (Å²) in [7, 11) is 3.53. The fraction of sp³-hybridized carbons (Fsp3) is 0.667. The van der Waals surface area contributed by atoms with E-state index in [-0.39, 0.29) is 23.9 Å². The summed E-state index contributed by atoms with van der Waals surface area (Å²) in [4.78, 5) is 25.0. The van der Waals surface area contributed by atoms with Crippen LogP contribution in [-0.2, 0) is 14.3 Å².